The zero-order valence-corrected chi connectivity index (χ0v) is 18.7. The number of aromatic nitrogens is 3. The van der Waals surface area contributed by atoms with Crippen LogP contribution in [0.4, 0.5) is 14.6 Å². The second-order valence-electron chi connectivity index (χ2n) is 9.10. The molecule has 5 heterocycles. The molecule has 2 fully saturated rings. The molecule has 3 aliphatic rings. The molecule has 0 bridgehead atoms. The van der Waals surface area contributed by atoms with E-state index in [0.29, 0.717) is 43.2 Å². The summed E-state index contributed by atoms with van der Waals surface area (Å²) in [5.41, 5.74) is 1.60. The number of fused-ring (bicyclic) bond motifs is 1. The smallest absolute Gasteiger partial charge is 0.255 e. The van der Waals surface area contributed by atoms with Gasteiger partial charge in [-0.15, -0.1) is 0 Å². The fourth-order valence-electron chi connectivity index (χ4n) is 4.49. The number of aliphatic imine (C=N–C) groups is 1. The molecule has 176 valence electrons. The molecule has 0 amide bonds. The number of morpholine rings is 1. The van der Waals surface area contributed by atoms with Crippen LogP contribution in [0.25, 0.3) is 11.0 Å². The monoisotopic (exact) mass is 457 g/mol. The molecule has 2 saturated heterocycles. The highest BCUT2D eigenvalue weighted by atomic mass is 19.3. The summed E-state index contributed by atoms with van der Waals surface area (Å²) in [7, 11) is 0. The summed E-state index contributed by atoms with van der Waals surface area (Å²) in [5.74, 6) is -2.08. The van der Waals surface area contributed by atoms with Gasteiger partial charge in [0.15, 0.2) is 5.82 Å². The molecule has 0 saturated carbocycles. The zero-order chi connectivity index (χ0) is 22.9. The summed E-state index contributed by atoms with van der Waals surface area (Å²) in [6, 6.07) is 1.92. The number of amidine groups is 1. The Kier molecular flexibility index (Phi) is 5.96. The molecule has 2 aromatic heterocycles. The van der Waals surface area contributed by atoms with Crippen molar-refractivity contribution in [2.75, 3.05) is 57.8 Å². The Morgan fingerprint density at radius 3 is 2.82 bits per heavy atom. The van der Waals surface area contributed by atoms with E-state index in [-0.39, 0.29) is 19.5 Å². The Hall–Kier alpha value is -2.72. The average molecular weight is 458 g/mol. The Balaban J connectivity index is 1.40. The van der Waals surface area contributed by atoms with E-state index in [9.17, 15) is 8.78 Å². The fourth-order valence-corrected chi connectivity index (χ4v) is 4.49. The lowest BCUT2D eigenvalue weighted by Gasteiger charge is -2.34. The molecule has 2 aromatic rings. The quantitative estimate of drug-likeness (QED) is 0.728. The second kappa shape index (κ2) is 8.90. The van der Waals surface area contributed by atoms with Gasteiger partial charge in [0.25, 0.3) is 5.92 Å². The lowest BCUT2D eigenvalue weighted by atomic mass is 9.84. The highest BCUT2D eigenvalue weighted by molar-refractivity contribution is 5.94. The minimum atomic E-state index is -2.71. The maximum absolute atomic E-state index is 14.3. The number of alkyl halides is 2. The fraction of sp³-hybridized carbons (Fsp3) is 0.565. The van der Waals surface area contributed by atoms with Crippen LogP contribution in [0, 0.1) is 5.92 Å². The molecule has 10 heteroatoms. The lowest BCUT2D eigenvalue weighted by molar-refractivity contribution is -0.0728. The van der Waals surface area contributed by atoms with Crippen LogP contribution < -0.4 is 10.6 Å². The number of piperidine rings is 1. The maximum Gasteiger partial charge on any atom is 0.255 e. The van der Waals surface area contributed by atoms with Crippen LogP contribution in [0.5, 0.6) is 0 Å². The van der Waals surface area contributed by atoms with Gasteiger partial charge in [-0.1, -0.05) is 6.08 Å². The first-order valence-corrected chi connectivity index (χ1v) is 11.5. The number of nitrogens with zero attached hydrogens (tertiary/aromatic N) is 5. The third-order valence-corrected chi connectivity index (χ3v) is 6.69. The van der Waals surface area contributed by atoms with Gasteiger partial charge in [-0.25, -0.2) is 18.7 Å². The van der Waals surface area contributed by atoms with Crippen molar-refractivity contribution in [2.45, 2.75) is 24.7 Å². The Morgan fingerprint density at radius 1 is 1.24 bits per heavy atom. The van der Waals surface area contributed by atoms with Crippen molar-refractivity contribution in [3.8, 4) is 0 Å². The Morgan fingerprint density at radius 2 is 2.06 bits per heavy atom. The zero-order valence-electron chi connectivity index (χ0n) is 18.7. The van der Waals surface area contributed by atoms with E-state index in [1.165, 1.54) is 0 Å². The molecule has 2 N–H and O–H groups in total. The minimum absolute atomic E-state index is 0.105. The van der Waals surface area contributed by atoms with E-state index in [2.05, 4.69) is 38.5 Å². The summed E-state index contributed by atoms with van der Waals surface area (Å²) in [5, 5.41) is 6.21. The van der Waals surface area contributed by atoms with Crippen molar-refractivity contribution >= 4 is 22.7 Å². The lowest BCUT2D eigenvalue weighted by Crippen LogP contribution is -2.47. The predicted molar refractivity (Wildman–Crippen MR) is 123 cm³/mol. The molecule has 33 heavy (non-hydrogen) atoms. The van der Waals surface area contributed by atoms with E-state index in [1.807, 2.05) is 12.1 Å². The number of hydrogen-bond donors (Lipinski definition) is 2. The van der Waals surface area contributed by atoms with Gasteiger partial charge in [-0.05, 0) is 19.1 Å². The Bertz CT molecular complexity index is 1070. The molecule has 0 radical (unpaired) electrons. The topological polar surface area (TPSA) is 87.6 Å². The van der Waals surface area contributed by atoms with Gasteiger partial charge in [0, 0.05) is 57.0 Å². The predicted octanol–water partition coefficient (Wildman–Crippen LogP) is 2.24. The standard InChI is InChI=1S/C23H29F2N7O/c1-22(3-2-19(30-15-22)32-8-10-33-11-9-32)18-12-17-20(28-7-6-27-17)21(31-18)29-14-16-13-26-5-4-23(16,24)25/h2-3,6-7,12,16,26H,4-5,8-11,13-15H2,1H3,(H,29,31). The second-order valence-corrected chi connectivity index (χ2v) is 9.10. The van der Waals surface area contributed by atoms with Gasteiger partial charge in [0.1, 0.15) is 11.4 Å². The van der Waals surface area contributed by atoms with E-state index in [4.69, 9.17) is 14.7 Å². The number of anilines is 1. The number of rotatable bonds is 4. The van der Waals surface area contributed by atoms with Gasteiger partial charge in [-0.3, -0.25) is 9.98 Å². The van der Waals surface area contributed by atoms with Crippen LogP contribution in [0.2, 0.25) is 0 Å². The van der Waals surface area contributed by atoms with E-state index >= 15 is 0 Å². The third-order valence-electron chi connectivity index (χ3n) is 6.69. The molecule has 5 rings (SSSR count). The molecule has 2 atom stereocenters. The number of halogens is 2. The molecule has 0 aliphatic carbocycles. The van der Waals surface area contributed by atoms with Crippen molar-refractivity contribution < 1.29 is 13.5 Å². The molecule has 0 aromatic carbocycles. The van der Waals surface area contributed by atoms with E-state index < -0.39 is 17.3 Å². The van der Waals surface area contributed by atoms with Crippen molar-refractivity contribution in [1.82, 2.24) is 25.2 Å². The van der Waals surface area contributed by atoms with E-state index in [1.54, 1.807) is 12.4 Å². The third kappa shape index (κ3) is 4.54. The first-order valence-electron chi connectivity index (χ1n) is 11.5. The van der Waals surface area contributed by atoms with Crippen molar-refractivity contribution in [3.05, 3.63) is 36.3 Å². The maximum atomic E-state index is 14.3. The molecular formula is C23H29F2N7O. The molecule has 3 aliphatic heterocycles. The van der Waals surface area contributed by atoms with Gasteiger partial charge in [-0.2, -0.15) is 0 Å². The molecule has 2 unspecified atom stereocenters. The van der Waals surface area contributed by atoms with Crippen LogP contribution in [0.15, 0.2) is 35.6 Å². The van der Waals surface area contributed by atoms with Crippen LogP contribution in [-0.2, 0) is 10.2 Å². The normalized spacial score (nSPS) is 27.4. The number of hydrogen-bond acceptors (Lipinski definition) is 8. The van der Waals surface area contributed by atoms with Gasteiger partial charge in [0.05, 0.1) is 36.9 Å². The SMILES string of the molecule is CC1(c2cc3nccnc3c(NCC3CNCCC3(F)F)n2)C=CC(N2CCOCC2)=NC1. The summed E-state index contributed by atoms with van der Waals surface area (Å²) in [6.07, 6.45) is 7.23. The average Bonchev–Trinajstić information content (AvgIpc) is 2.84. The van der Waals surface area contributed by atoms with Crippen LogP contribution in [-0.4, -0.2) is 84.1 Å². The van der Waals surface area contributed by atoms with Gasteiger partial charge in [0.2, 0.25) is 0 Å². The van der Waals surface area contributed by atoms with E-state index in [0.717, 1.165) is 24.6 Å². The molecule has 8 nitrogen and oxygen atoms in total. The van der Waals surface area contributed by atoms with Crippen molar-refractivity contribution in [1.29, 1.82) is 0 Å². The number of nitrogens with one attached hydrogen (secondary N) is 2. The summed E-state index contributed by atoms with van der Waals surface area (Å²) in [4.78, 5) is 20.8. The first-order chi connectivity index (χ1) is 15.9. The highest BCUT2D eigenvalue weighted by Gasteiger charge is 2.41. The summed E-state index contributed by atoms with van der Waals surface area (Å²) in [6.45, 7) is 6.41. The minimum Gasteiger partial charge on any atom is -0.378 e. The van der Waals surface area contributed by atoms with Gasteiger partial charge < -0.3 is 20.3 Å². The highest BCUT2D eigenvalue weighted by Crippen LogP contribution is 2.33. The van der Waals surface area contributed by atoms with Crippen LogP contribution in [0.3, 0.4) is 0 Å². The first kappa shape index (κ1) is 22.1. The van der Waals surface area contributed by atoms with Crippen LogP contribution >= 0.6 is 0 Å². The number of dihydropyridines is 1. The largest absolute Gasteiger partial charge is 0.378 e. The van der Waals surface area contributed by atoms with Crippen LogP contribution in [0.1, 0.15) is 19.0 Å². The summed E-state index contributed by atoms with van der Waals surface area (Å²) >= 11 is 0. The Labute approximate surface area is 191 Å². The van der Waals surface area contributed by atoms with Crippen molar-refractivity contribution in [2.24, 2.45) is 10.9 Å². The molecule has 0 spiro atoms. The molecular weight excluding hydrogens is 428 g/mol. The number of pyridine rings is 1. The number of ether oxygens (including phenoxy) is 1. The van der Waals surface area contributed by atoms with Gasteiger partial charge >= 0.3 is 0 Å². The summed E-state index contributed by atoms with van der Waals surface area (Å²) < 4.78 is 34.1. The van der Waals surface area contributed by atoms with Crippen molar-refractivity contribution in [3.63, 3.8) is 0 Å².